The molecule has 2 aromatic rings. The largest absolute Gasteiger partial charge is 0.416 e. The van der Waals surface area contributed by atoms with Crippen molar-refractivity contribution in [3.8, 4) is 0 Å². The Kier molecular flexibility index (Phi) is 3.96. The molecule has 11 heteroatoms. The van der Waals surface area contributed by atoms with Crippen LogP contribution < -0.4 is 4.72 Å². The highest BCUT2D eigenvalue weighted by molar-refractivity contribution is 7.89. The molecule has 0 aliphatic carbocycles. The van der Waals surface area contributed by atoms with Gasteiger partial charge in [0.05, 0.1) is 16.5 Å². The topological polar surface area (TPSA) is 101 Å². The number of H-pyrrole nitrogens is 1. The summed E-state index contributed by atoms with van der Waals surface area (Å²) in [7, 11) is -3.99. The summed E-state index contributed by atoms with van der Waals surface area (Å²) >= 11 is 0. The standard InChI is InChI=1S/C10H10F3N5O2S/c1-6(9-14-17-18-15-9)16-21(19,20)8-4-2-7(3-5-8)10(11,12)13/h2-6,16H,1H3,(H,14,15,17,18). The van der Waals surface area contributed by atoms with Crippen LogP contribution in [0.5, 0.6) is 0 Å². The summed E-state index contributed by atoms with van der Waals surface area (Å²) in [5, 5.41) is 12.7. The number of sulfonamides is 1. The molecule has 0 amide bonds. The van der Waals surface area contributed by atoms with Crippen molar-refractivity contribution in [3.63, 3.8) is 0 Å². The third-order valence-corrected chi connectivity index (χ3v) is 4.13. The average Bonchev–Trinajstić information content (AvgIpc) is 2.91. The quantitative estimate of drug-likeness (QED) is 0.883. The van der Waals surface area contributed by atoms with Crippen molar-refractivity contribution in [2.24, 2.45) is 0 Å². The number of rotatable bonds is 4. The normalized spacial score (nSPS) is 14.1. The lowest BCUT2D eigenvalue weighted by Crippen LogP contribution is -2.27. The van der Waals surface area contributed by atoms with Crippen molar-refractivity contribution in [1.29, 1.82) is 0 Å². The van der Waals surface area contributed by atoms with Gasteiger partial charge in [0.15, 0.2) is 5.82 Å². The minimum atomic E-state index is -4.52. The molecular weight excluding hydrogens is 311 g/mol. The molecule has 0 aliphatic heterocycles. The van der Waals surface area contributed by atoms with E-state index in [2.05, 4.69) is 25.3 Å². The van der Waals surface area contributed by atoms with Crippen LogP contribution in [0.4, 0.5) is 13.2 Å². The Labute approximate surface area is 117 Å². The molecule has 114 valence electrons. The molecule has 21 heavy (non-hydrogen) atoms. The lowest BCUT2D eigenvalue weighted by Gasteiger charge is -2.12. The number of aromatic nitrogens is 4. The molecule has 1 aromatic carbocycles. The van der Waals surface area contributed by atoms with Gasteiger partial charge in [-0.3, -0.25) is 0 Å². The van der Waals surface area contributed by atoms with E-state index in [1.807, 2.05) is 0 Å². The molecule has 1 unspecified atom stereocenters. The highest BCUT2D eigenvalue weighted by Gasteiger charge is 2.31. The van der Waals surface area contributed by atoms with E-state index >= 15 is 0 Å². The Morgan fingerprint density at radius 2 is 1.86 bits per heavy atom. The van der Waals surface area contributed by atoms with Crippen molar-refractivity contribution in [1.82, 2.24) is 25.3 Å². The van der Waals surface area contributed by atoms with Gasteiger partial charge >= 0.3 is 6.18 Å². The summed E-state index contributed by atoms with van der Waals surface area (Å²) in [4.78, 5) is -0.286. The molecule has 0 saturated heterocycles. The maximum absolute atomic E-state index is 12.4. The van der Waals surface area contributed by atoms with Crippen LogP contribution >= 0.6 is 0 Å². The first-order valence-electron chi connectivity index (χ1n) is 5.63. The second kappa shape index (κ2) is 5.41. The zero-order valence-electron chi connectivity index (χ0n) is 10.6. The third kappa shape index (κ3) is 3.55. The first-order valence-corrected chi connectivity index (χ1v) is 7.11. The summed E-state index contributed by atoms with van der Waals surface area (Å²) < 4.78 is 63.5. The monoisotopic (exact) mass is 321 g/mol. The van der Waals surface area contributed by atoms with Crippen LogP contribution in [-0.4, -0.2) is 29.0 Å². The number of halogens is 3. The number of tetrazole rings is 1. The Morgan fingerprint density at radius 1 is 1.24 bits per heavy atom. The zero-order valence-corrected chi connectivity index (χ0v) is 11.4. The minimum absolute atomic E-state index is 0.116. The molecule has 0 saturated carbocycles. The summed E-state index contributed by atoms with van der Waals surface area (Å²) in [6.07, 6.45) is -4.52. The number of hydrogen-bond acceptors (Lipinski definition) is 5. The summed E-state index contributed by atoms with van der Waals surface area (Å²) in [6.45, 7) is 1.48. The van der Waals surface area contributed by atoms with Crippen LogP contribution in [0.3, 0.4) is 0 Å². The van der Waals surface area contributed by atoms with Gasteiger partial charge in [0, 0.05) is 0 Å². The van der Waals surface area contributed by atoms with Gasteiger partial charge in [0.25, 0.3) is 0 Å². The Hall–Kier alpha value is -2.01. The molecule has 0 bridgehead atoms. The van der Waals surface area contributed by atoms with E-state index in [4.69, 9.17) is 0 Å². The number of benzene rings is 1. The summed E-state index contributed by atoms with van der Waals surface area (Å²) in [6, 6.07) is 2.39. The van der Waals surface area contributed by atoms with Crippen LogP contribution in [0, 0.1) is 0 Å². The smallest absolute Gasteiger partial charge is 0.207 e. The predicted octanol–water partition coefficient (Wildman–Crippen LogP) is 1.26. The highest BCUT2D eigenvalue weighted by atomic mass is 32.2. The Balaban J connectivity index is 2.20. The predicted molar refractivity (Wildman–Crippen MR) is 64.4 cm³/mol. The van der Waals surface area contributed by atoms with Crippen molar-refractivity contribution < 1.29 is 21.6 Å². The Morgan fingerprint density at radius 3 is 2.33 bits per heavy atom. The molecule has 2 N–H and O–H groups in total. The first kappa shape index (κ1) is 15.4. The van der Waals surface area contributed by atoms with E-state index in [1.165, 1.54) is 6.92 Å². The number of alkyl halides is 3. The van der Waals surface area contributed by atoms with Gasteiger partial charge in [-0.2, -0.15) is 18.4 Å². The van der Waals surface area contributed by atoms with E-state index in [0.29, 0.717) is 12.1 Å². The maximum atomic E-state index is 12.4. The van der Waals surface area contributed by atoms with Crippen LogP contribution in [0.25, 0.3) is 0 Å². The van der Waals surface area contributed by atoms with Crippen molar-refractivity contribution >= 4 is 10.0 Å². The SMILES string of the molecule is CC(NS(=O)(=O)c1ccc(C(F)(F)F)cc1)c1nn[nH]n1. The van der Waals surface area contributed by atoms with E-state index in [-0.39, 0.29) is 10.7 Å². The fraction of sp³-hybridized carbons (Fsp3) is 0.300. The van der Waals surface area contributed by atoms with Crippen molar-refractivity contribution in [3.05, 3.63) is 35.7 Å². The highest BCUT2D eigenvalue weighted by Crippen LogP contribution is 2.29. The molecule has 0 spiro atoms. The molecule has 2 rings (SSSR count). The number of hydrogen-bond donors (Lipinski definition) is 2. The van der Waals surface area contributed by atoms with Gasteiger partial charge in [0.1, 0.15) is 0 Å². The van der Waals surface area contributed by atoms with Gasteiger partial charge in [-0.15, -0.1) is 10.2 Å². The fourth-order valence-electron chi connectivity index (χ4n) is 1.53. The van der Waals surface area contributed by atoms with Crippen LogP contribution in [0.1, 0.15) is 24.4 Å². The summed E-state index contributed by atoms with van der Waals surface area (Å²) in [5.41, 5.74) is -0.923. The molecule has 1 atom stereocenters. The molecule has 0 radical (unpaired) electrons. The fourth-order valence-corrected chi connectivity index (χ4v) is 2.73. The zero-order chi connectivity index (χ0) is 15.7. The number of nitrogens with zero attached hydrogens (tertiary/aromatic N) is 3. The first-order chi connectivity index (χ1) is 9.70. The second-order valence-corrected chi connectivity index (χ2v) is 5.85. The summed E-state index contributed by atoms with van der Waals surface area (Å²) in [5.74, 6) is 0.116. The minimum Gasteiger partial charge on any atom is -0.207 e. The lowest BCUT2D eigenvalue weighted by atomic mass is 10.2. The average molecular weight is 321 g/mol. The van der Waals surface area contributed by atoms with E-state index in [0.717, 1.165) is 12.1 Å². The third-order valence-electron chi connectivity index (χ3n) is 2.57. The number of nitrogens with one attached hydrogen (secondary N) is 2. The Bertz CT molecular complexity index is 697. The van der Waals surface area contributed by atoms with E-state index in [1.54, 1.807) is 0 Å². The van der Waals surface area contributed by atoms with Crippen LogP contribution in [0.15, 0.2) is 29.2 Å². The van der Waals surface area contributed by atoms with Crippen molar-refractivity contribution in [2.75, 3.05) is 0 Å². The molecule has 7 nitrogen and oxygen atoms in total. The molecule has 0 fully saturated rings. The van der Waals surface area contributed by atoms with Gasteiger partial charge in [-0.1, -0.05) is 5.21 Å². The van der Waals surface area contributed by atoms with E-state index < -0.39 is 27.8 Å². The molecule has 1 heterocycles. The maximum Gasteiger partial charge on any atom is 0.416 e. The van der Waals surface area contributed by atoms with Crippen LogP contribution in [0.2, 0.25) is 0 Å². The van der Waals surface area contributed by atoms with Gasteiger partial charge in [-0.25, -0.2) is 13.1 Å². The lowest BCUT2D eigenvalue weighted by molar-refractivity contribution is -0.137. The van der Waals surface area contributed by atoms with E-state index in [9.17, 15) is 21.6 Å². The van der Waals surface area contributed by atoms with Crippen LogP contribution in [-0.2, 0) is 16.2 Å². The second-order valence-electron chi connectivity index (χ2n) is 4.14. The van der Waals surface area contributed by atoms with Gasteiger partial charge in [0.2, 0.25) is 10.0 Å². The van der Waals surface area contributed by atoms with Crippen molar-refractivity contribution in [2.45, 2.75) is 24.0 Å². The number of aromatic amines is 1. The molecule has 0 aliphatic rings. The van der Waals surface area contributed by atoms with Gasteiger partial charge in [-0.05, 0) is 31.2 Å². The molecular formula is C10H10F3N5O2S. The van der Waals surface area contributed by atoms with Gasteiger partial charge < -0.3 is 0 Å². The molecule has 1 aromatic heterocycles.